The number of anilines is 1. The molecule has 3 N–H and O–H groups in total. The van der Waals surface area contributed by atoms with E-state index in [-0.39, 0.29) is 15.3 Å². The smallest absolute Gasteiger partial charge is 0.293 e. The van der Waals surface area contributed by atoms with Gasteiger partial charge in [-0.1, -0.05) is 0 Å². The summed E-state index contributed by atoms with van der Waals surface area (Å²) in [5.74, 6) is 0. The molecule has 1 aromatic carbocycles. The minimum Gasteiger partial charge on any atom is -0.393 e. The van der Waals surface area contributed by atoms with Crippen LogP contribution in [0.15, 0.2) is 23.1 Å². The van der Waals surface area contributed by atoms with Crippen molar-refractivity contribution in [2.75, 3.05) is 18.5 Å². The minimum atomic E-state index is -3.76. The van der Waals surface area contributed by atoms with Crippen molar-refractivity contribution in [3.63, 3.8) is 0 Å². The maximum atomic E-state index is 12.1. The lowest BCUT2D eigenvalue weighted by molar-refractivity contribution is -0.384. The molecule has 1 aliphatic carbocycles. The van der Waals surface area contributed by atoms with Gasteiger partial charge in [-0.2, -0.15) is 11.8 Å². The van der Waals surface area contributed by atoms with Gasteiger partial charge in [0.2, 0.25) is 10.0 Å². The SMILES string of the molecule is CSC1(CNS(=O)(=O)c2ccc(N)c([N+](=O)[O-])c2)CC1. The van der Waals surface area contributed by atoms with Crippen molar-refractivity contribution >= 4 is 33.2 Å². The molecule has 0 spiro atoms. The van der Waals surface area contributed by atoms with Gasteiger partial charge in [-0.05, 0) is 31.2 Å². The molecule has 0 atom stereocenters. The fourth-order valence-corrected chi connectivity index (χ4v) is 3.72. The molecule has 0 saturated heterocycles. The Labute approximate surface area is 121 Å². The average molecular weight is 317 g/mol. The molecule has 0 heterocycles. The van der Waals surface area contributed by atoms with Crippen LogP contribution in [-0.2, 0) is 10.0 Å². The second kappa shape index (κ2) is 5.23. The van der Waals surface area contributed by atoms with Crippen molar-refractivity contribution in [2.45, 2.75) is 22.5 Å². The molecule has 1 saturated carbocycles. The highest BCUT2D eigenvalue weighted by Gasteiger charge is 2.42. The summed E-state index contributed by atoms with van der Waals surface area (Å²) in [5, 5.41) is 10.8. The Hall–Kier alpha value is -1.32. The van der Waals surface area contributed by atoms with Gasteiger partial charge in [-0.3, -0.25) is 10.1 Å². The van der Waals surface area contributed by atoms with Gasteiger partial charge in [0.15, 0.2) is 0 Å². The molecule has 110 valence electrons. The first-order valence-electron chi connectivity index (χ1n) is 5.88. The van der Waals surface area contributed by atoms with Crippen molar-refractivity contribution in [1.29, 1.82) is 0 Å². The Bertz CT molecular complexity index is 641. The lowest BCUT2D eigenvalue weighted by Crippen LogP contribution is -2.31. The Kier molecular flexibility index (Phi) is 3.94. The summed E-state index contributed by atoms with van der Waals surface area (Å²) in [6.07, 6.45) is 3.88. The number of nitrogens with two attached hydrogens (primary N) is 1. The molecule has 1 aromatic rings. The zero-order chi connectivity index (χ0) is 15.0. The van der Waals surface area contributed by atoms with Crippen LogP contribution in [0.3, 0.4) is 0 Å². The number of hydrogen-bond acceptors (Lipinski definition) is 6. The predicted molar refractivity (Wildman–Crippen MR) is 78.2 cm³/mol. The van der Waals surface area contributed by atoms with Crippen LogP contribution >= 0.6 is 11.8 Å². The van der Waals surface area contributed by atoms with Gasteiger partial charge in [0.1, 0.15) is 5.69 Å². The number of nitrogens with zero attached hydrogens (tertiary/aromatic N) is 1. The van der Waals surface area contributed by atoms with Gasteiger partial charge in [0.25, 0.3) is 5.69 Å². The summed E-state index contributed by atoms with van der Waals surface area (Å²) in [4.78, 5) is 9.94. The summed E-state index contributed by atoms with van der Waals surface area (Å²) in [6, 6.07) is 3.48. The molecular weight excluding hydrogens is 302 g/mol. The number of nitrogen functional groups attached to an aromatic ring is 1. The van der Waals surface area contributed by atoms with Crippen molar-refractivity contribution < 1.29 is 13.3 Å². The van der Waals surface area contributed by atoms with Crippen LogP contribution in [0.5, 0.6) is 0 Å². The van der Waals surface area contributed by atoms with E-state index in [1.807, 2.05) is 6.26 Å². The number of thioether (sulfide) groups is 1. The van der Waals surface area contributed by atoms with Crippen LogP contribution in [0.25, 0.3) is 0 Å². The number of nitrogens with one attached hydrogen (secondary N) is 1. The highest BCUT2D eigenvalue weighted by molar-refractivity contribution is 8.00. The zero-order valence-electron chi connectivity index (χ0n) is 10.8. The van der Waals surface area contributed by atoms with Crippen LogP contribution in [-0.4, -0.2) is 30.9 Å². The molecule has 0 radical (unpaired) electrons. The normalized spacial score (nSPS) is 16.9. The van der Waals surface area contributed by atoms with Gasteiger partial charge in [-0.15, -0.1) is 0 Å². The number of sulfonamides is 1. The monoisotopic (exact) mass is 317 g/mol. The maximum Gasteiger partial charge on any atom is 0.293 e. The highest BCUT2D eigenvalue weighted by atomic mass is 32.2. The van der Waals surface area contributed by atoms with Crippen molar-refractivity contribution in [2.24, 2.45) is 0 Å². The van der Waals surface area contributed by atoms with Crippen LogP contribution in [0.1, 0.15) is 12.8 Å². The molecule has 0 unspecified atom stereocenters. The van der Waals surface area contributed by atoms with E-state index < -0.39 is 20.6 Å². The summed E-state index contributed by atoms with van der Waals surface area (Å²) in [5.41, 5.74) is 4.99. The van der Waals surface area contributed by atoms with E-state index in [0.29, 0.717) is 6.54 Å². The zero-order valence-corrected chi connectivity index (χ0v) is 12.5. The Balaban J connectivity index is 2.21. The minimum absolute atomic E-state index is 0.0210. The van der Waals surface area contributed by atoms with Crippen LogP contribution in [0, 0.1) is 10.1 Å². The highest BCUT2D eigenvalue weighted by Crippen LogP contribution is 2.46. The molecule has 0 aliphatic heterocycles. The Morgan fingerprint density at radius 1 is 1.50 bits per heavy atom. The number of nitro groups is 1. The molecule has 0 aromatic heterocycles. The number of hydrogen-bond donors (Lipinski definition) is 2. The standard InChI is InChI=1S/C11H15N3O4S2/c1-19-11(4-5-11)7-13-20(17,18)8-2-3-9(12)10(6-8)14(15)16/h2-3,6,13H,4-5,7,12H2,1H3. The Morgan fingerprint density at radius 3 is 2.65 bits per heavy atom. The summed E-state index contributed by atoms with van der Waals surface area (Å²) in [7, 11) is -3.76. The second-order valence-electron chi connectivity index (χ2n) is 4.69. The average Bonchev–Trinajstić information content (AvgIpc) is 3.17. The summed E-state index contributed by atoms with van der Waals surface area (Å²) in [6.45, 7) is 0.328. The summed E-state index contributed by atoms with van der Waals surface area (Å²) < 4.78 is 26.7. The molecular formula is C11H15N3O4S2. The topological polar surface area (TPSA) is 115 Å². The molecule has 0 bridgehead atoms. The van der Waals surface area contributed by atoms with E-state index in [4.69, 9.17) is 5.73 Å². The van der Waals surface area contributed by atoms with Crippen molar-refractivity contribution in [3.05, 3.63) is 28.3 Å². The Morgan fingerprint density at radius 2 is 2.15 bits per heavy atom. The summed E-state index contributed by atoms with van der Waals surface area (Å²) >= 11 is 1.63. The molecule has 7 nitrogen and oxygen atoms in total. The molecule has 9 heteroatoms. The van der Waals surface area contributed by atoms with E-state index in [1.54, 1.807) is 11.8 Å². The van der Waals surface area contributed by atoms with Gasteiger partial charge in [0.05, 0.1) is 9.82 Å². The first-order valence-corrected chi connectivity index (χ1v) is 8.59. The van der Waals surface area contributed by atoms with Gasteiger partial charge in [0, 0.05) is 17.4 Å². The largest absolute Gasteiger partial charge is 0.393 e. The third-order valence-corrected chi connectivity index (χ3v) is 6.15. The van der Waals surface area contributed by atoms with Crippen molar-refractivity contribution in [3.8, 4) is 0 Å². The van der Waals surface area contributed by atoms with E-state index in [1.165, 1.54) is 12.1 Å². The molecule has 20 heavy (non-hydrogen) atoms. The number of nitro benzene ring substituents is 1. The van der Waals surface area contributed by atoms with Crippen molar-refractivity contribution in [1.82, 2.24) is 4.72 Å². The third-order valence-electron chi connectivity index (χ3n) is 3.33. The molecule has 1 aliphatic rings. The maximum absolute atomic E-state index is 12.1. The van der Waals surface area contributed by atoms with E-state index in [9.17, 15) is 18.5 Å². The third kappa shape index (κ3) is 3.05. The first-order chi connectivity index (χ1) is 9.30. The van der Waals surface area contributed by atoms with Gasteiger partial charge >= 0.3 is 0 Å². The number of benzene rings is 1. The quantitative estimate of drug-likeness (QED) is 0.465. The lowest BCUT2D eigenvalue weighted by atomic mass is 10.3. The second-order valence-corrected chi connectivity index (χ2v) is 7.73. The molecule has 0 amide bonds. The first kappa shape index (κ1) is 15.1. The fourth-order valence-electron chi connectivity index (χ4n) is 1.75. The molecule has 1 fully saturated rings. The van der Waals surface area contributed by atoms with Crippen LogP contribution in [0.4, 0.5) is 11.4 Å². The van der Waals surface area contributed by atoms with Crippen LogP contribution in [0.2, 0.25) is 0 Å². The number of rotatable bonds is 6. The van der Waals surface area contributed by atoms with Gasteiger partial charge < -0.3 is 5.73 Å². The molecule has 2 rings (SSSR count). The van der Waals surface area contributed by atoms with Crippen LogP contribution < -0.4 is 10.5 Å². The lowest BCUT2D eigenvalue weighted by Gasteiger charge is -2.13. The van der Waals surface area contributed by atoms with E-state index in [0.717, 1.165) is 18.9 Å². The predicted octanol–water partition coefficient (Wildman–Crippen LogP) is 1.35. The van der Waals surface area contributed by atoms with Gasteiger partial charge in [-0.25, -0.2) is 13.1 Å². The fraction of sp³-hybridized carbons (Fsp3) is 0.455. The van der Waals surface area contributed by atoms with E-state index in [2.05, 4.69) is 4.72 Å². The van der Waals surface area contributed by atoms with E-state index >= 15 is 0 Å².